The minimum absolute atomic E-state index is 0.0617. The van der Waals surface area contributed by atoms with E-state index in [0.717, 1.165) is 6.42 Å². The predicted octanol–water partition coefficient (Wildman–Crippen LogP) is 6.27. The number of fused-ring (bicyclic) bond motifs is 4. The van der Waals surface area contributed by atoms with Crippen molar-refractivity contribution in [1.82, 2.24) is 4.90 Å². The van der Waals surface area contributed by atoms with Gasteiger partial charge in [-0.3, -0.25) is 0 Å². The molecule has 2 heterocycles. The highest BCUT2D eigenvalue weighted by molar-refractivity contribution is 7.10. The van der Waals surface area contributed by atoms with Gasteiger partial charge in [-0.2, -0.15) is 0 Å². The molecule has 0 radical (unpaired) electrons. The van der Waals surface area contributed by atoms with Crippen molar-refractivity contribution >= 4 is 17.4 Å². The third-order valence-electron chi connectivity index (χ3n) is 6.78. The van der Waals surface area contributed by atoms with Crippen LogP contribution in [0.5, 0.6) is 0 Å². The first-order valence-corrected chi connectivity index (χ1v) is 12.2. The van der Waals surface area contributed by atoms with Crippen LogP contribution in [0.3, 0.4) is 0 Å². The zero-order valence-corrected chi connectivity index (χ0v) is 19.6. The second kappa shape index (κ2) is 8.72. The topological polar surface area (TPSA) is 38.8 Å². The fourth-order valence-electron chi connectivity index (χ4n) is 5.28. The average molecular weight is 448 g/mol. The molecule has 0 saturated carbocycles. The zero-order chi connectivity index (χ0) is 22.2. The van der Waals surface area contributed by atoms with Crippen LogP contribution >= 0.6 is 11.3 Å². The summed E-state index contributed by atoms with van der Waals surface area (Å²) in [6, 6.07) is 18.9. The van der Waals surface area contributed by atoms with E-state index in [1.165, 1.54) is 32.7 Å². The Morgan fingerprint density at radius 2 is 1.72 bits per heavy atom. The van der Waals surface area contributed by atoms with E-state index in [0.29, 0.717) is 13.2 Å². The molecule has 0 fully saturated rings. The van der Waals surface area contributed by atoms with E-state index in [1.807, 2.05) is 7.05 Å². The van der Waals surface area contributed by atoms with E-state index >= 15 is 0 Å². The van der Waals surface area contributed by atoms with E-state index in [1.54, 1.807) is 16.2 Å². The SMILES string of the molecule is CC(C)C([C@H]1OCCc2sccc21)N(C)C(=O)OCC1c2ccccc2-c2ccccc21. The zero-order valence-electron chi connectivity index (χ0n) is 18.8. The molecule has 2 aromatic carbocycles. The normalized spacial score (nSPS) is 18.1. The second-order valence-corrected chi connectivity index (χ2v) is 9.99. The van der Waals surface area contributed by atoms with Gasteiger partial charge >= 0.3 is 6.09 Å². The first-order valence-electron chi connectivity index (χ1n) is 11.3. The van der Waals surface area contributed by atoms with Gasteiger partial charge in [0.2, 0.25) is 0 Å². The van der Waals surface area contributed by atoms with Crippen LogP contribution in [0, 0.1) is 5.92 Å². The molecule has 1 aromatic heterocycles. The van der Waals surface area contributed by atoms with Gasteiger partial charge in [0, 0.05) is 24.3 Å². The average Bonchev–Trinajstić information content (AvgIpc) is 3.41. The highest BCUT2D eigenvalue weighted by atomic mass is 32.1. The van der Waals surface area contributed by atoms with Crippen molar-refractivity contribution in [2.45, 2.75) is 38.3 Å². The molecule has 32 heavy (non-hydrogen) atoms. The summed E-state index contributed by atoms with van der Waals surface area (Å²) in [6.07, 6.45) is 0.537. The fourth-order valence-corrected chi connectivity index (χ4v) is 6.18. The molecule has 4 nitrogen and oxygen atoms in total. The third-order valence-corrected chi connectivity index (χ3v) is 7.77. The molecule has 1 amide bonds. The van der Waals surface area contributed by atoms with E-state index in [9.17, 15) is 4.79 Å². The fraction of sp³-hybridized carbons (Fsp3) is 0.370. The molecule has 0 spiro atoms. The smallest absolute Gasteiger partial charge is 0.409 e. The van der Waals surface area contributed by atoms with Crippen molar-refractivity contribution in [2.24, 2.45) is 5.92 Å². The lowest BCUT2D eigenvalue weighted by Gasteiger charge is -2.38. The van der Waals surface area contributed by atoms with E-state index in [-0.39, 0.29) is 30.1 Å². The van der Waals surface area contributed by atoms with Gasteiger partial charge in [0.1, 0.15) is 12.7 Å². The van der Waals surface area contributed by atoms with Gasteiger partial charge in [-0.1, -0.05) is 62.4 Å². The van der Waals surface area contributed by atoms with Crippen molar-refractivity contribution in [3.8, 4) is 11.1 Å². The van der Waals surface area contributed by atoms with Gasteiger partial charge in [0.25, 0.3) is 0 Å². The number of rotatable bonds is 5. The van der Waals surface area contributed by atoms with Gasteiger partial charge in [0.05, 0.1) is 12.6 Å². The Balaban J connectivity index is 1.34. The summed E-state index contributed by atoms with van der Waals surface area (Å²) in [4.78, 5) is 16.3. The van der Waals surface area contributed by atoms with Crippen molar-refractivity contribution in [3.05, 3.63) is 81.5 Å². The van der Waals surface area contributed by atoms with Crippen LogP contribution in [0.2, 0.25) is 0 Å². The maximum Gasteiger partial charge on any atom is 0.409 e. The number of hydrogen-bond donors (Lipinski definition) is 0. The highest BCUT2D eigenvalue weighted by Crippen LogP contribution is 2.44. The number of carbonyl (C=O) groups excluding carboxylic acids is 1. The van der Waals surface area contributed by atoms with Crippen LogP contribution in [-0.2, 0) is 15.9 Å². The van der Waals surface area contributed by atoms with Gasteiger partial charge in [-0.15, -0.1) is 11.3 Å². The number of thiophene rings is 1. The summed E-state index contributed by atoms with van der Waals surface area (Å²) in [5, 5.41) is 2.12. The van der Waals surface area contributed by atoms with Crippen LogP contribution in [0.25, 0.3) is 11.1 Å². The molecule has 2 aliphatic rings. The highest BCUT2D eigenvalue weighted by Gasteiger charge is 2.37. The molecule has 5 rings (SSSR count). The number of carbonyl (C=O) groups is 1. The minimum Gasteiger partial charge on any atom is -0.448 e. The molecular formula is C27H29NO3S. The van der Waals surface area contributed by atoms with Gasteiger partial charge in [0.15, 0.2) is 0 Å². The van der Waals surface area contributed by atoms with Crippen LogP contribution in [-0.4, -0.2) is 37.3 Å². The molecule has 3 aromatic rings. The third kappa shape index (κ3) is 3.63. The maximum absolute atomic E-state index is 13.2. The van der Waals surface area contributed by atoms with Gasteiger partial charge < -0.3 is 14.4 Å². The van der Waals surface area contributed by atoms with Crippen LogP contribution in [0.1, 0.15) is 47.4 Å². The Hall–Kier alpha value is -2.63. The monoisotopic (exact) mass is 447 g/mol. The Morgan fingerprint density at radius 1 is 1.06 bits per heavy atom. The van der Waals surface area contributed by atoms with Crippen molar-refractivity contribution in [2.75, 3.05) is 20.3 Å². The molecule has 0 saturated heterocycles. The van der Waals surface area contributed by atoms with Crippen molar-refractivity contribution in [1.29, 1.82) is 0 Å². The lowest BCUT2D eigenvalue weighted by Crippen LogP contribution is -2.46. The summed E-state index contributed by atoms with van der Waals surface area (Å²) in [5.41, 5.74) is 6.14. The van der Waals surface area contributed by atoms with Gasteiger partial charge in [-0.05, 0) is 45.2 Å². The predicted molar refractivity (Wildman–Crippen MR) is 128 cm³/mol. The van der Waals surface area contributed by atoms with E-state index < -0.39 is 0 Å². The summed E-state index contributed by atoms with van der Waals surface area (Å²) in [7, 11) is 1.84. The Morgan fingerprint density at radius 3 is 2.38 bits per heavy atom. The molecule has 1 aliphatic heterocycles. The molecule has 5 heteroatoms. The minimum atomic E-state index is -0.295. The number of nitrogens with zero attached hydrogens (tertiary/aromatic N) is 1. The Labute approximate surface area is 193 Å². The van der Waals surface area contributed by atoms with Crippen LogP contribution in [0.4, 0.5) is 4.79 Å². The summed E-state index contributed by atoms with van der Waals surface area (Å²) < 4.78 is 12.1. The number of amides is 1. The standard InChI is InChI=1S/C27H29NO3S/c1-17(2)25(26-22-13-15-32-24(22)12-14-30-26)28(3)27(29)31-16-23-20-10-6-4-8-18(20)19-9-5-7-11-21(19)23/h4-11,13,15,17,23,25-26H,12,14,16H2,1-3H3/t25?,26-/m0/s1. The first-order chi connectivity index (χ1) is 15.6. The molecule has 0 bridgehead atoms. The second-order valence-electron chi connectivity index (χ2n) is 8.99. The Bertz CT molecular complexity index is 1080. The lowest BCUT2D eigenvalue weighted by molar-refractivity contribution is -0.0315. The summed E-state index contributed by atoms with van der Waals surface area (Å²) in [6.45, 7) is 5.31. The lowest BCUT2D eigenvalue weighted by atomic mass is 9.91. The van der Waals surface area contributed by atoms with Crippen LogP contribution < -0.4 is 0 Å². The number of benzene rings is 2. The van der Waals surface area contributed by atoms with Crippen LogP contribution in [0.15, 0.2) is 60.0 Å². The number of likely N-dealkylation sites (N-methyl/N-ethyl adjacent to an activating group) is 1. The summed E-state index contributed by atoms with van der Waals surface area (Å²) in [5.74, 6) is 0.294. The molecule has 2 atom stereocenters. The Kier molecular flexibility index (Phi) is 5.78. The molecular weight excluding hydrogens is 418 g/mol. The molecule has 166 valence electrons. The van der Waals surface area contributed by atoms with Gasteiger partial charge in [-0.25, -0.2) is 4.79 Å². The van der Waals surface area contributed by atoms with E-state index in [2.05, 4.69) is 73.8 Å². The maximum atomic E-state index is 13.2. The van der Waals surface area contributed by atoms with Crippen molar-refractivity contribution in [3.63, 3.8) is 0 Å². The largest absolute Gasteiger partial charge is 0.448 e. The number of hydrogen-bond acceptors (Lipinski definition) is 4. The molecule has 1 unspecified atom stereocenters. The first kappa shape index (κ1) is 21.2. The van der Waals surface area contributed by atoms with E-state index in [4.69, 9.17) is 9.47 Å². The van der Waals surface area contributed by atoms with Crippen molar-refractivity contribution < 1.29 is 14.3 Å². The quantitative estimate of drug-likeness (QED) is 0.463. The molecule has 0 N–H and O–H groups in total. The molecule has 1 aliphatic carbocycles. The number of ether oxygens (including phenoxy) is 2. The summed E-state index contributed by atoms with van der Waals surface area (Å²) >= 11 is 1.78.